The SMILES string of the molecule is Cc1nn(-c2ccccc2)c(C)c1C(=O)OCC(=O)N1[C@H](C)CCC[C@@H]1C. The van der Waals surface area contributed by atoms with Crippen LogP contribution in [0.2, 0.25) is 0 Å². The molecule has 0 spiro atoms. The summed E-state index contributed by atoms with van der Waals surface area (Å²) in [5.41, 5.74) is 2.60. The first-order valence-electron chi connectivity index (χ1n) is 9.50. The highest BCUT2D eigenvalue weighted by Gasteiger charge is 2.30. The lowest BCUT2D eigenvalue weighted by atomic mass is 9.97. The van der Waals surface area contributed by atoms with Crippen molar-refractivity contribution in [3.8, 4) is 5.69 Å². The van der Waals surface area contributed by atoms with E-state index < -0.39 is 5.97 Å². The van der Waals surface area contributed by atoms with Gasteiger partial charge in [-0.3, -0.25) is 4.79 Å². The molecule has 6 nitrogen and oxygen atoms in total. The molecule has 0 N–H and O–H groups in total. The summed E-state index contributed by atoms with van der Waals surface area (Å²) in [6, 6.07) is 9.99. The molecule has 1 amide bonds. The van der Waals surface area contributed by atoms with Crippen molar-refractivity contribution in [2.75, 3.05) is 6.61 Å². The first-order chi connectivity index (χ1) is 12.9. The predicted molar refractivity (Wildman–Crippen MR) is 103 cm³/mol. The van der Waals surface area contributed by atoms with Crippen molar-refractivity contribution in [3.63, 3.8) is 0 Å². The van der Waals surface area contributed by atoms with Gasteiger partial charge in [-0.05, 0) is 59.1 Å². The Hall–Kier alpha value is -2.63. The summed E-state index contributed by atoms with van der Waals surface area (Å²) >= 11 is 0. The number of hydrogen-bond acceptors (Lipinski definition) is 4. The van der Waals surface area contributed by atoms with Crippen molar-refractivity contribution in [2.24, 2.45) is 0 Å². The van der Waals surface area contributed by atoms with Crippen LogP contribution in [0.1, 0.15) is 54.9 Å². The molecule has 2 aromatic rings. The highest BCUT2D eigenvalue weighted by atomic mass is 16.5. The van der Waals surface area contributed by atoms with Crippen LogP contribution < -0.4 is 0 Å². The number of carbonyl (C=O) groups is 2. The summed E-state index contributed by atoms with van der Waals surface area (Å²) in [4.78, 5) is 27.1. The molecule has 6 heteroatoms. The van der Waals surface area contributed by atoms with E-state index in [1.54, 1.807) is 11.6 Å². The van der Waals surface area contributed by atoms with Crippen LogP contribution in [0.4, 0.5) is 0 Å². The number of likely N-dealkylation sites (tertiary alicyclic amines) is 1. The van der Waals surface area contributed by atoms with Crippen molar-refractivity contribution < 1.29 is 14.3 Å². The number of piperidine rings is 1. The summed E-state index contributed by atoms with van der Waals surface area (Å²) in [5.74, 6) is -0.633. The molecule has 2 heterocycles. The summed E-state index contributed by atoms with van der Waals surface area (Å²) in [6.07, 6.45) is 3.11. The quantitative estimate of drug-likeness (QED) is 0.775. The summed E-state index contributed by atoms with van der Waals surface area (Å²) < 4.78 is 7.09. The fourth-order valence-corrected chi connectivity index (χ4v) is 3.95. The maximum atomic E-state index is 12.6. The molecule has 3 rings (SSSR count). The molecule has 2 atom stereocenters. The number of hydrogen-bond donors (Lipinski definition) is 0. The minimum atomic E-state index is -0.502. The Kier molecular flexibility index (Phi) is 5.63. The normalized spacial score (nSPS) is 19.8. The standard InChI is InChI=1S/C21H27N3O3/c1-14-9-8-10-15(2)23(14)19(25)13-27-21(26)20-16(3)22-24(17(20)4)18-11-6-5-7-12-18/h5-7,11-12,14-15H,8-10,13H2,1-4H3/t14-,15+. The van der Waals surface area contributed by atoms with Gasteiger partial charge in [-0.2, -0.15) is 5.10 Å². The van der Waals surface area contributed by atoms with E-state index in [1.165, 1.54) is 0 Å². The van der Waals surface area contributed by atoms with Crippen LogP contribution in [0.15, 0.2) is 30.3 Å². The number of ether oxygens (including phenoxy) is 1. The number of aromatic nitrogens is 2. The van der Waals surface area contributed by atoms with Crippen LogP contribution in [-0.2, 0) is 9.53 Å². The molecule has 1 aliphatic rings. The van der Waals surface area contributed by atoms with Crippen molar-refractivity contribution in [1.82, 2.24) is 14.7 Å². The van der Waals surface area contributed by atoms with E-state index in [0.29, 0.717) is 17.0 Å². The van der Waals surface area contributed by atoms with E-state index in [0.717, 1.165) is 24.9 Å². The summed E-state index contributed by atoms with van der Waals surface area (Å²) in [6.45, 7) is 7.48. The molecule has 0 bridgehead atoms. The van der Waals surface area contributed by atoms with Crippen molar-refractivity contribution >= 4 is 11.9 Å². The molecule has 1 aromatic carbocycles. The highest BCUT2D eigenvalue weighted by molar-refractivity contribution is 5.93. The zero-order chi connectivity index (χ0) is 19.6. The van der Waals surface area contributed by atoms with Gasteiger partial charge in [0.25, 0.3) is 5.91 Å². The van der Waals surface area contributed by atoms with E-state index >= 15 is 0 Å². The molecule has 1 fully saturated rings. The van der Waals surface area contributed by atoms with E-state index in [2.05, 4.69) is 5.10 Å². The molecule has 27 heavy (non-hydrogen) atoms. The zero-order valence-electron chi connectivity index (χ0n) is 16.4. The highest BCUT2D eigenvalue weighted by Crippen LogP contribution is 2.23. The molecule has 144 valence electrons. The molecular weight excluding hydrogens is 342 g/mol. The third-order valence-electron chi connectivity index (χ3n) is 5.30. The predicted octanol–water partition coefficient (Wildman–Crippen LogP) is 3.44. The molecule has 1 aromatic heterocycles. The van der Waals surface area contributed by atoms with Crippen LogP contribution in [0.5, 0.6) is 0 Å². The monoisotopic (exact) mass is 369 g/mol. The Balaban J connectivity index is 1.72. The maximum absolute atomic E-state index is 12.6. The minimum Gasteiger partial charge on any atom is -0.452 e. The Bertz CT molecular complexity index is 819. The number of esters is 1. The second-order valence-electron chi connectivity index (χ2n) is 7.30. The second kappa shape index (κ2) is 7.94. The van der Waals surface area contributed by atoms with Crippen LogP contribution in [0.3, 0.4) is 0 Å². The van der Waals surface area contributed by atoms with Crippen LogP contribution in [0, 0.1) is 13.8 Å². The minimum absolute atomic E-state index is 0.131. The fourth-order valence-electron chi connectivity index (χ4n) is 3.95. The third kappa shape index (κ3) is 3.89. The van der Waals surface area contributed by atoms with E-state index in [9.17, 15) is 9.59 Å². The fraction of sp³-hybridized carbons (Fsp3) is 0.476. The van der Waals surface area contributed by atoms with Gasteiger partial charge in [-0.1, -0.05) is 18.2 Å². The van der Waals surface area contributed by atoms with Gasteiger partial charge in [0, 0.05) is 12.1 Å². The van der Waals surface area contributed by atoms with Crippen molar-refractivity contribution in [1.29, 1.82) is 0 Å². The smallest absolute Gasteiger partial charge is 0.342 e. The van der Waals surface area contributed by atoms with Crippen LogP contribution in [0.25, 0.3) is 5.69 Å². The number of benzene rings is 1. The number of nitrogens with zero attached hydrogens (tertiary/aromatic N) is 3. The van der Waals surface area contributed by atoms with Gasteiger partial charge in [-0.15, -0.1) is 0 Å². The van der Waals surface area contributed by atoms with E-state index in [-0.39, 0.29) is 24.6 Å². The molecule has 0 aliphatic carbocycles. The average Bonchev–Trinajstić information content (AvgIpc) is 2.94. The molecule has 1 aliphatic heterocycles. The van der Waals surface area contributed by atoms with Crippen LogP contribution in [-0.4, -0.2) is 45.2 Å². The lowest BCUT2D eigenvalue weighted by molar-refractivity contribution is -0.140. The van der Waals surface area contributed by atoms with Gasteiger partial charge in [0.1, 0.15) is 5.56 Å². The number of para-hydroxylation sites is 1. The molecular formula is C21H27N3O3. The Labute approximate surface area is 160 Å². The zero-order valence-corrected chi connectivity index (χ0v) is 16.4. The Morgan fingerprint density at radius 2 is 1.74 bits per heavy atom. The largest absolute Gasteiger partial charge is 0.452 e. The number of rotatable bonds is 4. The van der Waals surface area contributed by atoms with Crippen molar-refractivity contribution in [2.45, 2.75) is 59.0 Å². The molecule has 0 saturated carbocycles. The number of carbonyl (C=O) groups excluding carboxylic acids is 2. The average molecular weight is 369 g/mol. The van der Waals surface area contributed by atoms with Gasteiger partial charge in [-0.25, -0.2) is 9.48 Å². The first-order valence-corrected chi connectivity index (χ1v) is 9.50. The maximum Gasteiger partial charge on any atom is 0.342 e. The molecule has 0 unspecified atom stereocenters. The van der Waals surface area contributed by atoms with Crippen LogP contribution >= 0.6 is 0 Å². The number of amides is 1. The Morgan fingerprint density at radius 1 is 1.11 bits per heavy atom. The molecule has 1 saturated heterocycles. The van der Waals surface area contributed by atoms with Crippen molar-refractivity contribution in [3.05, 3.63) is 47.3 Å². The molecule has 0 radical (unpaired) electrons. The van der Waals surface area contributed by atoms with E-state index in [4.69, 9.17) is 4.74 Å². The van der Waals surface area contributed by atoms with E-state index in [1.807, 2.05) is 56.0 Å². The second-order valence-corrected chi connectivity index (χ2v) is 7.30. The van der Waals surface area contributed by atoms with Gasteiger partial charge < -0.3 is 9.64 Å². The van der Waals surface area contributed by atoms with Gasteiger partial charge in [0.15, 0.2) is 6.61 Å². The topological polar surface area (TPSA) is 64.4 Å². The first kappa shape index (κ1) is 19.1. The number of aryl methyl sites for hydroxylation is 1. The summed E-state index contributed by atoms with van der Waals surface area (Å²) in [7, 11) is 0. The lowest BCUT2D eigenvalue weighted by Gasteiger charge is -2.38. The van der Waals surface area contributed by atoms with Gasteiger partial charge >= 0.3 is 5.97 Å². The third-order valence-corrected chi connectivity index (χ3v) is 5.30. The van der Waals surface area contributed by atoms with Gasteiger partial charge in [0.2, 0.25) is 0 Å². The van der Waals surface area contributed by atoms with Gasteiger partial charge in [0.05, 0.1) is 17.1 Å². The summed E-state index contributed by atoms with van der Waals surface area (Å²) in [5, 5.41) is 4.46. The lowest BCUT2D eigenvalue weighted by Crippen LogP contribution is -2.49. The Morgan fingerprint density at radius 3 is 2.37 bits per heavy atom.